The van der Waals surface area contributed by atoms with Gasteiger partial charge in [-0.3, -0.25) is 10.1 Å². The van der Waals surface area contributed by atoms with E-state index in [-0.39, 0.29) is 11.4 Å². The van der Waals surface area contributed by atoms with Gasteiger partial charge in [-0.15, -0.1) is 0 Å². The number of phenols is 1. The Hall–Kier alpha value is -3.28. The molecule has 0 spiro atoms. The third kappa shape index (κ3) is 4.11. The highest BCUT2D eigenvalue weighted by Crippen LogP contribution is 2.18. The molecule has 110 valence electrons. The maximum atomic E-state index is 10.8. The van der Waals surface area contributed by atoms with Crippen LogP contribution >= 0.6 is 0 Å². The van der Waals surface area contributed by atoms with E-state index in [0.29, 0.717) is 11.1 Å². The zero-order chi connectivity index (χ0) is 15.8. The van der Waals surface area contributed by atoms with Crippen molar-refractivity contribution in [2.45, 2.75) is 0 Å². The van der Waals surface area contributed by atoms with Crippen LogP contribution in [-0.4, -0.2) is 22.5 Å². The fraction of sp³-hybridized carbons (Fsp3) is 0. The lowest BCUT2D eigenvalue weighted by atomic mass is 10.2. The van der Waals surface area contributed by atoms with Gasteiger partial charge in [0, 0.05) is 17.8 Å². The Morgan fingerprint density at radius 2 is 1.68 bits per heavy atom. The molecule has 2 aromatic rings. The minimum Gasteiger partial charge on any atom is -0.507 e. The van der Waals surface area contributed by atoms with Crippen molar-refractivity contribution in [2.75, 3.05) is 0 Å². The second-order valence-electron chi connectivity index (χ2n) is 4.24. The van der Waals surface area contributed by atoms with Crippen molar-refractivity contribution in [2.24, 2.45) is 10.2 Å². The molecular weight excluding hydrogens is 282 g/mol. The predicted octanol–water partition coefficient (Wildman–Crippen LogP) is 3.42. The monoisotopic (exact) mass is 295 g/mol. The lowest BCUT2D eigenvalue weighted by Crippen LogP contribution is -1.90. The van der Waals surface area contributed by atoms with Crippen LogP contribution < -0.4 is 0 Å². The molecule has 1 N–H and O–H groups in total. The van der Waals surface area contributed by atoms with Crippen LogP contribution in [0.1, 0.15) is 11.1 Å². The Kier molecular flexibility index (Phi) is 5.15. The number of hydrogen-bond donors (Lipinski definition) is 1. The molecule has 0 atom stereocenters. The Morgan fingerprint density at radius 3 is 2.41 bits per heavy atom. The lowest BCUT2D eigenvalue weighted by Gasteiger charge is -1.95. The number of hydrogen-bond acceptors (Lipinski definition) is 5. The smallest absolute Gasteiger partial charge is 0.276 e. The SMILES string of the molecule is O=[N+]([O-])c1ccccc1C=CC=N/N=C/c1ccccc1O. The zero-order valence-corrected chi connectivity index (χ0v) is 11.5. The Bertz CT molecular complexity index is 752. The first kappa shape index (κ1) is 15.1. The minimum absolute atomic E-state index is 0.0323. The summed E-state index contributed by atoms with van der Waals surface area (Å²) in [5, 5.41) is 27.9. The molecule has 22 heavy (non-hydrogen) atoms. The predicted molar refractivity (Wildman–Crippen MR) is 86.3 cm³/mol. The number of nitro benzene ring substituents is 1. The van der Waals surface area contributed by atoms with Crippen LogP contribution in [0.4, 0.5) is 5.69 Å². The molecule has 0 saturated heterocycles. The third-order valence-electron chi connectivity index (χ3n) is 2.76. The summed E-state index contributed by atoms with van der Waals surface area (Å²) in [6.45, 7) is 0. The van der Waals surface area contributed by atoms with E-state index in [4.69, 9.17) is 0 Å². The highest BCUT2D eigenvalue weighted by molar-refractivity contribution is 5.84. The molecule has 0 aromatic heterocycles. The normalized spacial score (nSPS) is 11.6. The summed E-state index contributed by atoms with van der Waals surface area (Å²) in [5.41, 5.74) is 1.08. The first-order chi connectivity index (χ1) is 10.7. The minimum atomic E-state index is -0.437. The van der Waals surface area contributed by atoms with Crippen LogP contribution in [0.25, 0.3) is 6.08 Å². The van der Waals surface area contributed by atoms with Crippen molar-refractivity contribution in [3.8, 4) is 5.75 Å². The average Bonchev–Trinajstić information content (AvgIpc) is 2.52. The van der Waals surface area contributed by atoms with Gasteiger partial charge in [0.2, 0.25) is 0 Å². The molecule has 2 aromatic carbocycles. The summed E-state index contributed by atoms with van der Waals surface area (Å²) in [6, 6.07) is 13.2. The largest absolute Gasteiger partial charge is 0.507 e. The maximum absolute atomic E-state index is 10.8. The molecule has 0 aliphatic carbocycles. The number of benzene rings is 2. The summed E-state index contributed by atoms with van der Waals surface area (Å²) in [6.07, 6.45) is 5.97. The summed E-state index contributed by atoms with van der Waals surface area (Å²) in [4.78, 5) is 10.4. The number of aromatic hydroxyl groups is 1. The molecule has 0 saturated carbocycles. The molecule has 0 unspecified atom stereocenters. The molecule has 0 aliphatic rings. The van der Waals surface area contributed by atoms with Gasteiger partial charge < -0.3 is 5.11 Å². The van der Waals surface area contributed by atoms with Gasteiger partial charge in [-0.2, -0.15) is 10.2 Å². The fourth-order valence-corrected chi connectivity index (χ4v) is 1.71. The van der Waals surface area contributed by atoms with Gasteiger partial charge in [0.15, 0.2) is 0 Å². The fourth-order valence-electron chi connectivity index (χ4n) is 1.71. The van der Waals surface area contributed by atoms with Crippen molar-refractivity contribution in [1.82, 2.24) is 0 Å². The second-order valence-corrected chi connectivity index (χ2v) is 4.24. The van der Waals surface area contributed by atoms with Crippen molar-refractivity contribution >= 4 is 24.2 Å². The van der Waals surface area contributed by atoms with Gasteiger partial charge in [0.1, 0.15) is 5.75 Å². The van der Waals surface area contributed by atoms with Gasteiger partial charge in [-0.05, 0) is 30.4 Å². The van der Waals surface area contributed by atoms with Crippen molar-refractivity contribution in [3.05, 3.63) is 75.8 Å². The van der Waals surface area contributed by atoms with E-state index in [0.717, 1.165) is 0 Å². The Balaban J connectivity index is 2.01. The van der Waals surface area contributed by atoms with E-state index in [1.54, 1.807) is 54.6 Å². The Morgan fingerprint density at radius 1 is 1.00 bits per heavy atom. The van der Waals surface area contributed by atoms with E-state index in [2.05, 4.69) is 10.2 Å². The lowest BCUT2D eigenvalue weighted by molar-refractivity contribution is -0.385. The van der Waals surface area contributed by atoms with Gasteiger partial charge in [0.25, 0.3) is 5.69 Å². The number of rotatable bonds is 5. The highest BCUT2D eigenvalue weighted by atomic mass is 16.6. The number of para-hydroxylation sites is 2. The third-order valence-corrected chi connectivity index (χ3v) is 2.76. The van der Waals surface area contributed by atoms with E-state index >= 15 is 0 Å². The van der Waals surface area contributed by atoms with Crippen LogP contribution in [0.3, 0.4) is 0 Å². The van der Waals surface area contributed by atoms with Gasteiger partial charge in [-0.25, -0.2) is 0 Å². The van der Waals surface area contributed by atoms with Crippen LogP contribution in [0, 0.1) is 10.1 Å². The van der Waals surface area contributed by atoms with E-state index in [9.17, 15) is 15.2 Å². The molecule has 0 bridgehead atoms. The Labute approximate surface area is 126 Å². The highest BCUT2D eigenvalue weighted by Gasteiger charge is 2.08. The number of nitro groups is 1. The summed E-state index contributed by atoms with van der Waals surface area (Å²) >= 11 is 0. The van der Waals surface area contributed by atoms with Crippen LogP contribution in [-0.2, 0) is 0 Å². The van der Waals surface area contributed by atoms with Crippen molar-refractivity contribution in [1.29, 1.82) is 0 Å². The standard InChI is InChI=1S/C16H13N3O3/c20-16-10-4-2-7-14(16)12-18-17-11-5-8-13-6-1-3-9-15(13)19(21)22/h1-12,20H/b8-5?,17-11?,18-12+. The van der Waals surface area contributed by atoms with Gasteiger partial charge in [0.05, 0.1) is 16.7 Å². The number of phenolic OH excluding ortho intramolecular Hbond substituents is 1. The number of nitrogens with zero attached hydrogens (tertiary/aromatic N) is 3. The number of allylic oxidation sites excluding steroid dienone is 1. The summed E-state index contributed by atoms with van der Waals surface area (Å²) in [5.74, 6) is 0.122. The van der Waals surface area contributed by atoms with Gasteiger partial charge in [-0.1, -0.05) is 24.3 Å². The van der Waals surface area contributed by atoms with Gasteiger partial charge >= 0.3 is 0 Å². The van der Waals surface area contributed by atoms with Crippen LogP contribution in [0.5, 0.6) is 5.75 Å². The van der Waals surface area contributed by atoms with E-state index in [1.807, 2.05) is 0 Å². The quantitative estimate of drug-likeness (QED) is 0.520. The molecule has 0 radical (unpaired) electrons. The average molecular weight is 295 g/mol. The molecule has 0 amide bonds. The van der Waals surface area contributed by atoms with Crippen molar-refractivity contribution < 1.29 is 10.0 Å². The first-order valence-electron chi connectivity index (χ1n) is 6.43. The topological polar surface area (TPSA) is 88.1 Å². The first-order valence-corrected chi connectivity index (χ1v) is 6.43. The maximum Gasteiger partial charge on any atom is 0.276 e. The van der Waals surface area contributed by atoms with Crippen LogP contribution in [0.15, 0.2) is 64.8 Å². The molecule has 6 nitrogen and oxygen atoms in total. The van der Waals surface area contributed by atoms with E-state index in [1.165, 1.54) is 18.5 Å². The molecular formula is C16H13N3O3. The molecule has 2 rings (SSSR count). The molecule has 0 aliphatic heterocycles. The van der Waals surface area contributed by atoms with E-state index < -0.39 is 4.92 Å². The zero-order valence-electron chi connectivity index (χ0n) is 11.5. The molecule has 0 fully saturated rings. The van der Waals surface area contributed by atoms with Crippen LogP contribution in [0.2, 0.25) is 0 Å². The van der Waals surface area contributed by atoms with Crippen molar-refractivity contribution in [3.63, 3.8) is 0 Å². The summed E-state index contributed by atoms with van der Waals surface area (Å²) < 4.78 is 0. The second kappa shape index (κ2) is 7.49. The molecule has 6 heteroatoms. The molecule has 0 heterocycles. The summed E-state index contributed by atoms with van der Waals surface area (Å²) in [7, 11) is 0.